The van der Waals surface area contributed by atoms with Gasteiger partial charge in [0.2, 0.25) is 5.91 Å². The normalized spacial score (nSPS) is 15.4. The van der Waals surface area contributed by atoms with Crippen LogP contribution in [-0.2, 0) is 17.9 Å². The Bertz CT molecular complexity index is 579. The maximum absolute atomic E-state index is 11.7. The minimum Gasteiger partial charge on any atom is -0.357 e. The van der Waals surface area contributed by atoms with E-state index < -0.39 is 0 Å². The molecule has 0 radical (unpaired) electrons. The molecule has 1 aliphatic rings. The van der Waals surface area contributed by atoms with Crippen LogP contribution in [0.25, 0.3) is 0 Å². The van der Waals surface area contributed by atoms with E-state index in [9.17, 15) is 4.79 Å². The monoisotopic (exact) mass is 373 g/mol. The highest BCUT2D eigenvalue weighted by molar-refractivity contribution is 5.86. The van der Waals surface area contributed by atoms with Crippen molar-refractivity contribution in [3.8, 4) is 0 Å². The summed E-state index contributed by atoms with van der Waals surface area (Å²) in [5.41, 5.74) is 2.53. The van der Waals surface area contributed by atoms with Crippen LogP contribution in [0.1, 0.15) is 50.7 Å². The van der Waals surface area contributed by atoms with Crippen LogP contribution in [0.5, 0.6) is 0 Å². The number of amides is 1. The number of benzene rings is 1. The fourth-order valence-corrected chi connectivity index (χ4v) is 3.13. The van der Waals surface area contributed by atoms with E-state index in [1.807, 2.05) is 13.8 Å². The lowest BCUT2D eigenvalue weighted by molar-refractivity contribution is -0.120. The van der Waals surface area contributed by atoms with Gasteiger partial charge in [-0.15, -0.1) is 0 Å². The Morgan fingerprint density at radius 1 is 1.00 bits per heavy atom. The third-order valence-corrected chi connectivity index (χ3v) is 4.63. The van der Waals surface area contributed by atoms with Gasteiger partial charge in [0.25, 0.3) is 0 Å². The Morgan fingerprint density at radius 2 is 1.70 bits per heavy atom. The predicted molar refractivity (Wildman–Crippen MR) is 112 cm³/mol. The van der Waals surface area contributed by atoms with Gasteiger partial charge in [-0.05, 0) is 50.4 Å². The van der Waals surface area contributed by atoms with Gasteiger partial charge in [-0.2, -0.15) is 0 Å². The summed E-state index contributed by atoms with van der Waals surface area (Å²) in [6.45, 7) is 9.83. The minimum absolute atomic E-state index is 0.00970. The minimum atomic E-state index is -0.00970. The summed E-state index contributed by atoms with van der Waals surface area (Å²) in [7, 11) is 0. The number of nitrogens with zero attached hydrogens (tertiary/aromatic N) is 2. The van der Waals surface area contributed by atoms with Crippen molar-refractivity contribution in [2.45, 2.75) is 52.6 Å². The summed E-state index contributed by atoms with van der Waals surface area (Å²) >= 11 is 0. The topological polar surface area (TPSA) is 68.8 Å². The molecular weight excluding hydrogens is 338 g/mol. The molecular formula is C21H35N5O. The molecule has 6 nitrogen and oxygen atoms in total. The number of guanidine groups is 1. The van der Waals surface area contributed by atoms with Crippen molar-refractivity contribution in [3.63, 3.8) is 0 Å². The lowest BCUT2D eigenvalue weighted by Gasteiger charge is -2.26. The summed E-state index contributed by atoms with van der Waals surface area (Å²) in [6, 6.07) is 8.72. The van der Waals surface area contributed by atoms with E-state index in [-0.39, 0.29) is 12.5 Å². The molecule has 1 amide bonds. The van der Waals surface area contributed by atoms with E-state index in [0.717, 1.165) is 19.5 Å². The quantitative estimate of drug-likeness (QED) is 0.459. The summed E-state index contributed by atoms with van der Waals surface area (Å²) in [5.74, 6) is 0.658. The Hall–Kier alpha value is -2.08. The molecule has 0 aliphatic carbocycles. The Kier molecular flexibility index (Phi) is 9.69. The molecule has 1 saturated heterocycles. The SMILES string of the molecule is CCCNC(=O)CNC(=NCc1ccc(CN2CCCCC2)cc1)NCC. The average Bonchev–Trinajstić information content (AvgIpc) is 2.70. The van der Waals surface area contributed by atoms with Crippen molar-refractivity contribution >= 4 is 11.9 Å². The molecule has 0 aromatic heterocycles. The van der Waals surface area contributed by atoms with Gasteiger partial charge < -0.3 is 16.0 Å². The number of aliphatic imine (C=N–C) groups is 1. The van der Waals surface area contributed by atoms with Crippen molar-refractivity contribution in [1.82, 2.24) is 20.9 Å². The molecule has 27 heavy (non-hydrogen) atoms. The third kappa shape index (κ3) is 8.43. The maximum Gasteiger partial charge on any atom is 0.239 e. The third-order valence-electron chi connectivity index (χ3n) is 4.63. The van der Waals surface area contributed by atoms with Gasteiger partial charge in [-0.25, -0.2) is 4.99 Å². The zero-order valence-electron chi connectivity index (χ0n) is 16.9. The summed E-state index contributed by atoms with van der Waals surface area (Å²) in [4.78, 5) is 18.8. The molecule has 0 unspecified atom stereocenters. The van der Waals surface area contributed by atoms with Crippen LogP contribution in [0.3, 0.4) is 0 Å². The largest absolute Gasteiger partial charge is 0.357 e. The molecule has 3 N–H and O–H groups in total. The number of carbonyl (C=O) groups is 1. The van der Waals surface area contributed by atoms with Gasteiger partial charge in [0.1, 0.15) is 0 Å². The number of likely N-dealkylation sites (tertiary alicyclic amines) is 1. The van der Waals surface area contributed by atoms with Gasteiger partial charge in [0.15, 0.2) is 5.96 Å². The average molecular weight is 374 g/mol. The van der Waals surface area contributed by atoms with Crippen LogP contribution in [0.15, 0.2) is 29.3 Å². The second-order valence-corrected chi connectivity index (χ2v) is 7.05. The molecule has 1 aromatic carbocycles. The Labute approximate surface area is 163 Å². The van der Waals surface area contributed by atoms with Gasteiger partial charge >= 0.3 is 0 Å². The number of carbonyl (C=O) groups excluding carboxylic acids is 1. The standard InChI is InChI=1S/C21H35N5O/c1-3-12-23-20(27)16-25-21(22-4-2)24-15-18-8-10-19(11-9-18)17-26-13-6-5-7-14-26/h8-11H,3-7,12-17H2,1-2H3,(H,23,27)(H2,22,24,25). The Balaban J connectivity index is 1.82. The molecule has 1 aliphatic heterocycles. The van der Waals surface area contributed by atoms with Gasteiger partial charge in [0.05, 0.1) is 13.1 Å². The van der Waals surface area contributed by atoms with Crippen LogP contribution < -0.4 is 16.0 Å². The van der Waals surface area contributed by atoms with Crippen molar-refractivity contribution < 1.29 is 4.79 Å². The lowest BCUT2D eigenvalue weighted by Crippen LogP contribution is -2.43. The first-order valence-electron chi connectivity index (χ1n) is 10.3. The van der Waals surface area contributed by atoms with Crippen LogP contribution in [0, 0.1) is 0 Å². The summed E-state index contributed by atoms with van der Waals surface area (Å²) in [5, 5.41) is 9.12. The Morgan fingerprint density at radius 3 is 2.37 bits per heavy atom. The first-order valence-corrected chi connectivity index (χ1v) is 10.3. The van der Waals surface area contributed by atoms with Crippen molar-refractivity contribution in [2.24, 2.45) is 4.99 Å². The molecule has 2 rings (SSSR count). The van der Waals surface area contributed by atoms with E-state index in [4.69, 9.17) is 0 Å². The van der Waals surface area contributed by atoms with E-state index in [0.29, 0.717) is 19.0 Å². The maximum atomic E-state index is 11.7. The molecule has 6 heteroatoms. The molecule has 0 saturated carbocycles. The molecule has 0 atom stereocenters. The second kappa shape index (κ2) is 12.3. The molecule has 150 valence electrons. The zero-order valence-corrected chi connectivity index (χ0v) is 16.9. The van der Waals surface area contributed by atoms with Crippen molar-refractivity contribution in [3.05, 3.63) is 35.4 Å². The highest BCUT2D eigenvalue weighted by atomic mass is 16.1. The molecule has 1 fully saturated rings. The number of hydrogen-bond acceptors (Lipinski definition) is 3. The van der Waals surface area contributed by atoms with Gasteiger partial charge in [-0.3, -0.25) is 9.69 Å². The number of piperidine rings is 1. The number of nitrogens with one attached hydrogen (secondary N) is 3. The highest BCUT2D eigenvalue weighted by Gasteiger charge is 2.10. The summed E-state index contributed by atoms with van der Waals surface area (Å²) < 4.78 is 0. The van der Waals surface area contributed by atoms with Crippen molar-refractivity contribution in [1.29, 1.82) is 0 Å². The fourth-order valence-electron chi connectivity index (χ4n) is 3.13. The number of rotatable bonds is 9. The first kappa shape index (κ1) is 21.2. The predicted octanol–water partition coefficient (Wildman–Crippen LogP) is 2.25. The zero-order chi connectivity index (χ0) is 19.3. The van der Waals surface area contributed by atoms with Crippen molar-refractivity contribution in [2.75, 3.05) is 32.7 Å². The fraction of sp³-hybridized carbons (Fsp3) is 0.619. The molecule has 0 bridgehead atoms. The molecule has 1 aromatic rings. The van der Waals surface area contributed by atoms with E-state index in [1.54, 1.807) is 0 Å². The van der Waals surface area contributed by atoms with E-state index in [2.05, 4.69) is 50.1 Å². The smallest absolute Gasteiger partial charge is 0.239 e. The highest BCUT2D eigenvalue weighted by Crippen LogP contribution is 2.13. The van der Waals surface area contributed by atoms with Crippen LogP contribution in [0.2, 0.25) is 0 Å². The van der Waals surface area contributed by atoms with Crippen LogP contribution >= 0.6 is 0 Å². The summed E-state index contributed by atoms with van der Waals surface area (Å²) in [6.07, 6.45) is 4.95. The molecule has 1 heterocycles. The van der Waals surface area contributed by atoms with Gasteiger partial charge in [-0.1, -0.05) is 37.6 Å². The van der Waals surface area contributed by atoms with Gasteiger partial charge in [0, 0.05) is 19.6 Å². The van der Waals surface area contributed by atoms with E-state index >= 15 is 0 Å². The lowest BCUT2D eigenvalue weighted by atomic mass is 10.1. The second-order valence-electron chi connectivity index (χ2n) is 7.05. The van der Waals surface area contributed by atoms with E-state index in [1.165, 1.54) is 43.5 Å². The van der Waals surface area contributed by atoms with Crippen LogP contribution in [0.4, 0.5) is 0 Å². The molecule has 0 spiro atoms. The van der Waals surface area contributed by atoms with Crippen LogP contribution in [-0.4, -0.2) is 49.5 Å². The number of hydrogen-bond donors (Lipinski definition) is 3. The first-order chi connectivity index (χ1) is 13.2.